The first-order valence-electron chi connectivity index (χ1n) is 4.95. The van der Waals surface area contributed by atoms with Crippen molar-refractivity contribution in [3.63, 3.8) is 0 Å². The number of carbonyl (C=O) groups is 1. The maximum atomic E-state index is 11.8. The van der Waals surface area contributed by atoms with Crippen LogP contribution in [0.25, 0.3) is 0 Å². The normalized spacial score (nSPS) is 10.2. The largest absolute Gasteiger partial charge is 0.352 e. The van der Waals surface area contributed by atoms with Crippen molar-refractivity contribution in [2.45, 2.75) is 6.42 Å². The Kier molecular flexibility index (Phi) is 5.65. The topological polar surface area (TPSA) is 72.2 Å². The quantitative estimate of drug-likeness (QED) is 0.392. The maximum absolute atomic E-state index is 11.8. The van der Waals surface area contributed by atoms with E-state index in [1.54, 1.807) is 0 Å². The molecule has 0 radical (unpaired) electrons. The molecular formula is C10H9Cl3N2O3. The van der Waals surface area contributed by atoms with E-state index in [1.165, 1.54) is 6.07 Å². The number of alkyl halides is 1. The van der Waals surface area contributed by atoms with E-state index in [4.69, 9.17) is 34.8 Å². The van der Waals surface area contributed by atoms with Crippen LogP contribution in [0.1, 0.15) is 16.8 Å². The van der Waals surface area contributed by atoms with E-state index in [0.29, 0.717) is 18.8 Å². The Bertz CT molecular complexity index is 480. The number of nitrogens with one attached hydrogen (secondary N) is 1. The zero-order chi connectivity index (χ0) is 13.7. The van der Waals surface area contributed by atoms with Crippen LogP contribution in [0, 0.1) is 10.1 Å². The standard InChI is InChI=1S/C10H9Cl3N2O3/c11-4-1-5-14-10(16)8-6(12)2-3-7(9(8)13)15(17)18/h2-3H,1,4-5H2,(H,14,16). The second kappa shape index (κ2) is 6.78. The first kappa shape index (κ1) is 15.0. The Morgan fingerprint density at radius 3 is 2.61 bits per heavy atom. The van der Waals surface area contributed by atoms with E-state index < -0.39 is 10.8 Å². The van der Waals surface area contributed by atoms with Crippen molar-refractivity contribution in [1.82, 2.24) is 5.32 Å². The van der Waals surface area contributed by atoms with E-state index in [9.17, 15) is 14.9 Å². The van der Waals surface area contributed by atoms with Gasteiger partial charge in [-0.05, 0) is 12.5 Å². The minimum atomic E-state index is -0.672. The van der Waals surface area contributed by atoms with Gasteiger partial charge in [0.05, 0.1) is 15.5 Å². The third kappa shape index (κ3) is 3.48. The number of hydrogen-bond acceptors (Lipinski definition) is 3. The van der Waals surface area contributed by atoms with Crippen LogP contribution < -0.4 is 5.32 Å². The van der Waals surface area contributed by atoms with Crippen molar-refractivity contribution in [3.05, 3.63) is 37.9 Å². The van der Waals surface area contributed by atoms with Crippen LogP contribution in [0.3, 0.4) is 0 Å². The van der Waals surface area contributed by atoms with E-state index in [1.807, 2.05) is 0 Å². The SMILES string of the molecule is O=C(NCCCCl)c1c(Cl)ccc([N+](=O)[O-])c1Cl. The molecule has 1 amide bonds. The fraction of sp³-hybridized carbons (Fsp3) is 0.300. The predicted molar refractivity (Wildman–Crippen MR) is 70.8 cm³/mol. The summed E-state index contributed by atoms with van der Waals surface area (Å²) in [4.78, 5) is 21.8. The molecule has 0 heterocycles. The third-order valence-electron chi connectivity index (χ3n) is 2.09. The van der Waals surface area contributed by atoms with Gasteiger partial charge in [-0.25, -0.2) is 0 Å². The Morgan fingerprint density at radius 2 is 2.06 bits per heavy atom. The molecule has 5 nitrogen and oxygen atoms in total. The van der Waals surface area contributed by atoms with Gasteiger partial charge in [0.2, 0.25) is 0 Å². The first-order chi connectivity index (χ1) is 8.49. The summed E-state index contributed by atoms with van der Waals surface area (Å²) in [7, 11) is 0. The van der Waals surface area contributed by atoms with Gasteiger partial charge in [0.1, 0.15) is 5.02 Å². The molecule has 0 aliphatic carbocycles. The van der Waals surface area contributed by atoms with Crippen LogP contribution >= 0.6 is 34.8 Å². The average molecular weight is 312 g/mol. The van der Waals surface area contributed by atoms with Crippen molar-refractivity contribution in [2.75, 3.05) is 12.4 Å². The van der Waals surface area contributed by atoms with Gasteiger partial charge < -0.3 is 5.32 Å². The summed E-state index contributed by atoms with van der Waals surface area (Å²) in [5.41, 5.74) is -0.453. The van der Waals surface area contributed by atoms with Gasteiger partial charge in [0.15, 0.2) is 0 Å². The molecule has 1 N–H and O–H groups in total. The minimum Gasteiger partial charge on any atom is -0.352 e. The lowest BCUT2D eigenvalue weighted by Crippen LogP contribution is -2.25. The number of halogens is 3. The van der Waals surface area contributed by atoms with Crippen LogP contribution in [0.2, 0.25) is 10.0 Å². The molecule has 0 unspecified atom stereocenters. The fourth-order valence-corrected chi connectivity index (χ4v) is 1.99. The Balaban J connectivity index is 3.03. The number of benzene rings is 1. The number of nitro groups is 1. The molecule has 1 rings (SSSR count). The summed E-state index contributed by atoms with van der Waals surface area (Å²) in [6.07, 6.45) is 0.581. The molecule has 0 aliphatic rings. The molecule has 18 heavy (non-hydrogen) atoms. The highest BCUT2D eigenvalue weighted by molar-refractivity contribution is 6.41. The van der Waals surface area contributed by atoms with Crippen molar-refractivity contribution < 1.29 is 9.72 Å². The lowest BCUT2D eigenvalue weighted by atomic mass is 10.2. The molecule has 0 saturated carbocycles. The molecule has 1 aromatic carbocycles. The van der Waals surface area contributed by atoms with Crippen LogP contribution in [0.4, 0.5) is 5.69 Å². The molecule has 98 valence electrons. The molecule has 0 aromatic heterocycles. The predicted octanol–water partition coefficient (Wildman–Crippen LogP) is 3.26. The van der Waals surface area contributed by atoms with Crippen LogP contribution in [-0.4, -0.2) is 23.3 Å². The minimum absolute atomic E-state index is 0.0639. The zero-order valence-corrected chi connectivity index (χ0v) is 11.3. The highest BCUT2D eigenvalue weighted by atomic mass is 35.5. The second-order valence-corrected chi connectivity index (χ2v) is 4.47. The zero-order valence-electron chi connectivity index (χ0n) is 9.08. The fourth-order valence-electron chi connectivity index (χ4n) is 1.25. The number of nitrogens with zero attached hydrogens (tertiary/aromatic N) is 1. The van der Waals surface area contributed by atoms with Crippen molar-refractivity contribution >= 4 is 46.4 Å². The third-order valence-corrected chi connectivity index (χ3v) is 3.06. The summed E-state index contributed by atoms with van der Waals surface area (Å²) < 4.78 is 0. The van der Waals surface area contributed by atoms with Gasteiger partial charge in [-0.1, -0.05) is 23.2 Å². The molecule has 0 bridgehead atoms. The average Bonchev–Trinajstić information content (AvgIpc) is 2.28. The summed E-state index contributed by atoms with van der Waals surface area (Å²) in [6.45, 7) is 0.345. The van der Waals surface area contributed by atoms with Crippen molar-refractivity contribution in [1.29, 1.82) is 0 Å². The molecule has 0 saturated heterocycles. The van der Waals surface area contributed by atoms with E-state index in [2.05, 4.69) is 5.32 Å². The van der Waals surface area contributed by atoms with E-state index >= 15 is 0 Å². The van der Waals surface area contributed by atoms with Gasteiger partial charge in [-0.3, -0.25) is 14.9 Å². The monoisotopic (exact) mass is 310 g/mol. The number of nitro benzene ring substituents is 1. The lowest BCUT2D eigenvalue weighted by Gasteiger charge is -2.08. The molecule has 1 aromatic rings. The smallest absolute Gasteiger partial charge is 0.288 e. The molecule has 0 fully saturated rings. The van der Waals surface area contributed by atoms with Crippen molar-refractivity contribution in [2.24, 2.45) is 0 Å². The maximum Gasteiger partial charge on any atom is 0.288 e. The van der Waals surface area contributed by atoms with Gasteiger partial charge >= 0.3 is 0 Å². The summed E-state index contributed by atoms with van der Waals surface area (Å²) in [5.74, 6) is -0.157. The summed E-state index contributed by atoms with van der Waals surface area (Å²) in [6, 6.07) is 2.42. The van der Waals surface area contributed by atoms with Crippen LogP contribution in [0.15, 0.2) is 12.1 Å². The number of rotatable bonds is 5. The number of amides is 1. The van der Waals surface area contributed by atoms with Crippen LogP contribution in [-0.2, 0) is 0 Å². The summed E-state index contributed by atoms with van der Waals surface area (Å²) in [5, 5.41) is 13.0. The Hall–Kier alpha value is -1.04. The van der Waals surface area contributed by atoms with E-state index in [-0.39, 0.29) is 21.3 Å². The molecule has 0 spiro atoms. The highest BCUT2D eigenvalue weighted by Crippen LogP contribution is 2.32. The Labute approximate surface area is 118 Å². The highest BCUT2D eigenvalue weighted by Gasteiger charge is 2.23. The molecule has 0 aliphatic heterocycles. The molecule has 8 heteroatoms. The molecular weight excluding hydrogens is 302 g/mol. The lowest BCUT2D eigenvalue weighted by molar-refractivity contribution is -0.384. The first-order valence-corrected chi connectivity index (χ1v) is 6.24. The van der Waals surface area contributed by atoms with Crippen LogP contribution in [0.5, 0.6) is 0 Å². The number of carbonyl (C=O) groups excluding carboxylic acids is 1. The number of hydrogen-bond donors (Lipinski definition) is 1. The van der Waals surface area contributed by atoms with Gasteiger partial charge in [0, 0.05) is 18.5 Å². The van der Waals surface area contributed by atoms with E-state index in [0.717, 1.165) is 6.07 Å². The Morgan fingerprint density at radius 1 is 1.39 bits per heavy atom. The molecule has 0 atom stereocenters. The van der Waals surface area contributed by atoms with Crippen molar-refractivity contribution in [3.8, 4) is 0 Å². The van der Waals surface area contributed by atoms with Gasteiger partial charge in [-0.2, -0.15) is 0 Å². The van der Waals surface area contributed by atoms with Gasteiger partial charge in [-0.15, -0.1) is 11.6 Å². The summed E-state index contributed by atoms with van der Waals surface area (Å²) >= 11 is 17.1. The second-order valence-electron chi connectivity index (χ2n) is 3.31. The van der Waals surface area contributed by atoms with Gasteiger partial charge in [0.25, 0.3) is 11.6 Å².